The van der Waals surface area contributed by atoms with Crippen LogP contribution in [0.25, 0.3) is 10.8 Å². The third-order valence-electron chi connectivity index (χ3n) is 5.74. The number of fused-ring (bicyclic) bond motifs is 1. The third kappa shape index (κ3) is 11.4. The SMILES string of the molecule is C=CC(=O)OCCCOc1ccc(C=O)cc1.COc1ccc(C)cc1C.COc1ccc2cc(C=O)ccc2c1. The van der Waals surface area contributed by atoms with Crippen LogP contribution in [0.5, 0.6) is 17.2 Å². The summed E-state index contributed by atoms with van der Waals surface area (Å²) in [4.78, 5) is 31.7. The second-order valence-corrected chi connectivity index (χ2v) is 8.82. The standard InChI is InChI=1S/C13H14O4.C12H10O2.C9H12O/c1-2-13(15)17-9-3-8-16-12-6-4-11(10-14)5-7-12;1-14-12-5-4-10-6-9(8-13)2-3-11(10)7-12;1-7-4-5-9(10-3)8(2)6-7/h2,4-7,10H,1,3,8-9H2;2-8H,1H3;4-6H,1-3H3. The fraction of sp³-hybridized carbons (Fsp3) is 0.206. The number of hydrogen-bond acceptors (Lipinski definition) is 7. The van der Waals surface area contributed by atoms with Gasteiger partial charge in [0.25, 0.3) is 0 Å². The van der Waals surface area contributed by atoms with E-state index in [0.29, 0.717) is 36.5 Å². The van der Waals surface area contributed by atoms with Crippen molar-refractivity contribution in [1.29, 1.82) is 0 Å². The minimum absolute atomic E-state index is 0.303. The summed E-state index contributed by atoms with van der Waals surface area (Å²) >= 11 is 0. The molecule has 4 rings (SSSR count). The van der Waals surface area contributed by atoms with Gasteiger partial charge in [-0.3, -0.25) is 9.59 Å². The molecule has 7 nitrogen and oxygen atoms in total. The number of benzene rings is 4. The van der Waals surface area contributed by atoms with E-state index in [-0.39, 0.29) is 0 Å². The Morgan fingerprint density at radius 2 is 1.37 bits per heavy atom. The Hall–Kier alpha value is -4.91. The molecule has 7 heteroatoms. The summed E-state index contributed by atoms with van der Waals surface area (Å²) in [6.45, 7) is 8.16. The summed E-state index contributed by atoms with van der Waals surface area (Å²) < 4.78 is 20.4. The van der Waals surface area contributed by atoms with Crippen molar-refractivity contribution in [3.63, 3.8) is 0 Å². The first-order valence-corrected chi connectivity index (χ1v) is 12.9. The van der Waals surface area contributed by atoms with Gasteiger partial charge in [-0.15, -0.1) is 0 Å². The molecule has 4 aromatic carbocycles. The Balaban J connectivity index is 0.000000222. The highest BCUT2D eigenvalue weighted by Gasteiger charge is 1.99. The number of aldehydes is 2. The molecule has 0 unspecified atom stereocenters. The van der Waals surface area contributed by atoms with E-state index in [1.807, 2.05) is 49.4 Å². The van der Waals surface area contributed by atoms with Gasteiger partial charge in [-0.25, -0.2) is 4.79 Å². The zero-order valence-corrected chi connectivity index (χ0v) is 23.9. The van der Waals surface area contributed by atoms with E-state index in [2.05, 4.69) is 19.6 Å². The van der Waals surface area contributed by atoms with Crippen molar-refractivity contribution in [2.75, 3.05) is 27.4 Å². The summed E-state index contributed by atoms with van der Waals surface area (Å²) in [5.41, 5.74) is 3.78. The molecule has 0 bridgehead atoms. The number of ether oxygens (including phenoxy) is 4. The van der Waals surface area contributed by atoms with Crippen LogP contribution < -0.4 is 14.2 Å². The molecule has 0 saturated heterocycles. The number of carbonyl (C=O) groups is 3. The van der Waals surface area contributed by atoms with Crippen LogP contribution in [0, 0.1) is 13.8 Å². The highest BCUT2D eigenvalue weighted by Crippen LogP contribution is 2.21. The average Bonchev–Trinajstić information content (AvgIpc) is 3.01. The lowest BCUT2D eigenvalue weighted by atomic mass is 10.1. The lowest BCUT2D eigenvalue weighted by Gasteiger charge is -2.06. The van der Waals surface area contributed by atoms with Gasteiger partial charge in [0, 0.05) is 23.6 Å². The van der Waals surface area contributed by atoms with Crippen LogP contribution in [0.2, 0.25) is 0 Å². The Morgan fingerprint density at radius 1 is 0.732 bits per heavy atom. The fourth-order valence-electron chi connectivity index (χ4n) is 3.59. The molecule has 0 spiro atoms. The predicted molar refractivity (Wildman–Crippen MR) is 161 cm³/mol. The minimum atomic E-state index is -0.430. The van der Waals surface area contributed by atoms with Crippen LogP contribution in [0.4, 0.5) is 0 Å². The van der Waals surface area contributed by atoms with Crippen molar-refractivity contribution < 1.29 is 33.3 Å². The number of methoxy groups -OCH3 is 2. The second-order valence-electron chi connectivity index (χ2n) is 8.82. The molecule has 0 radical (unpaired) electrons. The molecule has 0 aliphatic carbocycles. The quantitative estimate of drug-likeness (QED) is 0.0902. The first-order valence-electron chi connectivity index (χ1n) is 12.9. The Morgan fingerprint density at radius 3 is 1.98 bits per heavy atom. The molecule has 214 valence electrons. The summed E-state index contributed by atoms with van der Waals surface area (Å²) in [6.07, 6.45) is 3.36. The van der Waals surface area contributed by atoms with Crippen molar-refractivity contribution in [2.24, 2.45) is 0 Å². The van der Waals surface area contributed by atoms with Gasteiger partial charge in [0.2, 0.25) is 0 Å². The van der Waals surface area contributed by atoms with Crippen LogP contribution in [0.15, 0.2) is 91.5 Å². The van der Waals surface area contributed by atoms with Gasteiger partial charge in [0.15, 0.2) is 0 Å². The monoisotopic (exact) mass is 556 g/mol. The lowest BCUT2D eigenvalue weighted by Crippen LogP contribution is -2.06. The lowest BCUT2D eigenvalue weighted by molar-refractivity contribution is -0.137. The number of carbonyl (C=O) groups excluding carboxylic acids is 3. The zero-order chi connectivity index (χ0) is 30.0. The Kier molecular flexibility index (Phi) is 13.9. The summed E-state index contributed by atoms with van der Waals surface area (Å²) in [6, 6.07) is 24.3. The molecule has 41 heavy (non-hydrogen) atoms. The van der Waals surface area contributed by atoms with Gasteiger partial charge >= 0.3 is 5.97 Å². The number of esters is 1. The largest absolute Gasteiger partial charge is 0.497 e. The fourth-order valence-corrected chi connectivity index (χ4v) is 3.59. The summed E-state index contributed by atoms with van der Waals surface area (Å²) in [5, 5.41) is 2.13. The topological polar surface area (TPSA) is 88.1 Å². The second kappa shape index (κ2) is 17.6. The molecule has 0 amide bonds. The van der Waals surface area contributed by atoms with Gasteiger partial charge in [-0.1, -0.05) is 42.5 Å². The van der Waals surface area contributed by atoms with Gasteiger partial charge in [-0.2, -0.15) is 0 Å². The molecular formula is C34H36O7. The van der Waals surface area contributed by atoms with Crippen molar-refractivity contribution >= 4 is 29.3 Å². The summed E-state index contributed by atoms with van der Waals surface area (Å²) in [5.74, 6) is 2.05. The molecule has 0 N–H and O–H groups in total. The van der Waals surface area contributed by atoms with Crippen LogP contribution in [-0.4, -0.2) is 46.0 Å². The molecule has 4 aromatic rings. The normalized spacial score (nSPS) is 9.66. The smallest absolute Gasteiger partial charge is 0.330 e. The van der Waals surface area contributed by atoms with Crippen LogP contribution in [-0.2, 0) is 9.53 Å². The number of rotatable bonds is 10. The maximum atomic E-state index is 10.7. The molecule has 0 fully saturated rings. The van der Waals surface area contributed by atoms with Gasteiger partial charge in [0.05, 0.1) is 27.4 Å². The van der Waals surface area contributed by atoms with E-state index < -0.39 is 5.97 Å². The van der Waals surface area contributed by atoms with E-state index in [9.17, 15) is 14.4 Å². The summed E-state index contributed by atoms with van der Waals surface area (Å²) in [7, 11) is 3.33. The van der Waals surface area contributed by atoms with E-state index in [0.717, 1.165) is 40.9 Å². The van der Waals surface area contributed by atoms with E-state index in [1.165, 1.54) is 11.1 Å². The molecule has 0 heterocycles. The van der Waals surface area contributed by atoms with Gasteiger partial charge in [-0.05, 0) is 78.7 Å². The van der Waals surface area contributed by atoms with Gasteiger partial charge < -0.3 is 18.9 Å². The average molecular weight is 557 g/mol. The first kappa shape index (κ1) is 32.3. The molecule has 0 saturated carbocycles. The van der Waals surface area contributed by atoms with Crippen molar-refractivity contribution in [3.05, 3.63) is 114 Å². The maximum Gasteiger partial charge on any atom is 0.330 e. The third-order valence-corrected chi connectivity index (χ3v) is 5.74. The zero-order valence-electron chi connectivity index (χ0n) is 23.9. The maximum absolute atomic E-state index is 10.7. The van der Waals surface area contributed by atoms with E-state index in [1.54, 1.807) is 44.6 Å². The Labute approximate surface area is 241 Å². The number of aryl methyl sites for hydroxylation is 2. The predicted octanol–water partition coefficient (Wildman–Crippen LogP) is 6.97. The van der Waals surface area contributed by atoms with E-state index >= 15 is 0 Å². The number of hydrogen-bond donors (Lipinski definition) is 0. The first-order chi connectivity index (χ1) is 19.8. The molecular weight excluding hydrogens is 520 g/mol. The van der Waals surface area contributed by atoms with Gasteiger partial charge in [0.1, 0.15) is 29.8 Å². The van der Waals surface area contributed by atoms with Crippen LogP contribution in [0.1, 0.15) is 38.3 Å². The van der Waals surface area contributed by atoms with Crippen molar-refractivity contribution in [1.82, 2.24) is 0 Å². The van der Waals surface area contributed by atoms with Crippen molar-refractivity contribution in [3.8, 4) is 17.2 Å². The van der Waals surface area contributed by atoms with Crippen molar-refractivity contribution in [2.45, 2.75) is 20.3 Å². The van der Waals surface area contributed by atoms with Crippen LogP contribution in [0.3, 0.4) is 0 Å². The molecule has 0 aromatic heterocycles. The Bertz CT molecular complexity index is 1430. The molecule has 0 aliphatic rings. The minimum Gasteiger partial charge on any atom is -0.497 e. The molecule has 0 atom stereocenters. The highest BCUT2D eigenvalue weighted by atomic mass is 16.5. The molecule has 0 aliphatic heterocycles. The highest BCUT2D eigenvalue weighted by molar-refractivity contribution is 5.89. The van der Waals surface area contributed by atoms with Crippen LogP contribution >= 0.6 is 0 Å². The van der Waals surface area contributed by atoms with E-state index in [4.69, 9.17) is 18.9 Å².